The molecule has 2 saturated heterocycles. The first-order chi connectivity index (χ1) is 19.9. The van der Waals surface area contributed by atoms with E-state index in [1.165, 1.54) is 36.9 Å². The summed E-state index contributed by atoms with van der Waals surface area (Å²) in [6, 6.07) is 8.77. The highest BCUT2D eigenvalue weighted by Gasteiger charge is 2.60. The molecule has 3 aliphatic rings. The number of fused-ring (bicyclic) bond motifs is 1. The van der Waals surface area contributed by atoms with Gasteiger partial charge in [-0.2, -0.15) is 0 Å². The van der Waals surface area contributed by atoms with Crippen LogP contribution in [0.4, 0.5) is 5.69 Å². The van der Waals surface area contributed by atoms with Gasteiger partial charge in [0.2, 0.25) is 11.8 Å². The summed E-state index contributed by atoms with van der Waals surface area (Å²) in [5, 5.41) is 32.8. The summed E-state index contributed by atoms with van der Waals surface area (Å²) in [6.45, 7) is 2.09. The van der Waals surface area contributed by atoms with E-state index in [4.69, 9.17) is 28.9 Å². The molecule has 6 atom stereocenters. The van der Waals surface area contributed by atoms with Crippen molar-refractivity contribution in [3.05, 3.63) is 74.2 Å². The van der Waals surface area contributed by atoms with Crippen LogP contribution in [0.1, 0.15) is 29.3 Å². The number of nitrogens with one attached hydrogen (secondary N) is 1. The number of aliphatic hydroxyl groups excluding tert-OH is 1. The normalized spacial score (nSPS) is 26.2. The highest BCUT2D eigenvalue weighted by Crippen LogP contribution is 2.48. The van der Waals surface area contributed by atoms with Crippen LogP contribution in [0, 0.1) is 5.92 Å². The Hall–Kier alpha value is -3.13. The topological polar surface area (TPSA) is 174 Å². The Morgan fingerprint density at radius 1 is 1.14 bits per heavy atom. The van der Waals surface area contributed by atoms with Crippen LogP contribution in [0.15, 0.2) is 53.1 Å². The van der Waals surface area contributed by atoms with Gasteiger partial charge in [-0.05, 0) is 55.3 Å². The lowest BCUT2D eigenvalue weighted by Crippen LogP contribution is -2.66. The third-order valence-electron chi connectivity index (χ3n) is 7.78. The van der Waals surface area contributed by atoms with E-state index in [1.54, 1.807) is 24.3 Å². The van der Waals surface area contributed by atoms with Crippen molar-refractivity contribution in [2.45, 2.75) is 49.4 Å². The average molecular weight is 636 g/mol. The van der Waals surface area contributed by atoms with Gasteiger partial charge in [-0.1, -0.05) is 29.3 Å². The molecule has 2 amide bonds. The number of amides is 2. The Morgan fingerprint density at radius 2 is 1.88 bits per heavy atom. The van der Waals surface area contributed by atoms with Gasteiger partial charge in [0, 0.05) is 39.0 Å². The number of nitrogens with two attached hydrogens (primary N) is 1. The van der Waals surface area contributed by atoms with Crippen molar-refractivity contribution in [2.75, 3.05) is 11.9 Å². The third-order valence-corrected chi connectivity index (χ3v) is 9.77. The number of halogens is 2. The summed E-state index contributed by atoms with van der Waals surface area (Å²) >= 11 is 13.8. The van der Waals surface area contributed by atoms with E-state index in [2.05, 4.69) is 5.32 Å². The van der Waals surface area contributed by atoms with Crippen LogP contribution in [0.2, 0.25) is 10.0 Å². The Balaban J connectivity index is 1.41. The van der Waals surface area contributed by atoms with Crippen LogP contribution in [-0.2, 0) is 20.9 Å². The second kappa shape index (κ2) is 11.9. The minimum absolute atomic E-state index is 0.0215. The Bertz CT molecular complexity index is 1500. The van der Waals surface area contributed by atoms with Crippen molar-refractivity contribution in [1.82, 2.24) is 9.80 Å². The fourth-order valence-electron chi connectivity index (χ4n) is 5.85. The Kier molecular flexibility index (Phi) is 8.57. The number of hydrogen-bond acceptors (Lipinski definition) is 8. The number of β-lactam (4-membered cyclic amide) rings is 1. The zero-order valence-corrected chi connectivity index (χ0v) is 24.6. The fourth-order valence-corrected chi connectivity index (χ4v) is 7.72. The van der Waals surface area contributed by atoms with Crippen molar-refractivity contribution in [3.63, 3.8) is 0 Å². The summed E-state index contributed by atoms with van der Waals surface area (Å²) < 4.78 is 0. The molecule has 2 fully saturated rings. The van der Waals surface area contributed by atoms with Crippen LogP contribution >= 0.6 is 35.0 Å². The Morgan fingerprint density at radius 3 is 2.55 bits per heavy atom. The molecule has 5 rings (SSSR count). The number of hydrogen-bond donors (Lipinski definition) is 5. The molecular weight excluding hydrogens is 607 g/mol. The number of aliphatic hydroxyl groups is 1. The largest absolute Gasteiger partial charge is 0.478 e. The molecule has 1 unspecified atom stereocenters. The number of rotatable bonds is 9. The molecule has 11 nitrogen and oxygen atoms in total. The van der Waals surface area contributed by atoms with Crippen LogP contribution in [0.5, 0.6) is 0 Å². The van der Waals surface area contributed by atoms with E-state index in [0.29, 0.717) is 39.2 Å². The summed E-state index contributed by atoms with van der Waals surface area (Å²) in [5.41, 5.74) is 7.31. The predicted molar refractivity (Wildman–Crippen MR) is 157 cm³/mol. The molecular formula is C28H28Cl2N4O7S. The second-order valence-electron chi connectivity index (χ2n) is 10.5. The lowest BCUT2D eigenvalue weighted by molar-refractivity contribution is -0.161. The molecule has 42 heavy (non-hydrogen) atoms. The third kappa shape index (κ3) is 5.62. The zero-order valence-electron chi connectivity index (χ0n) is 22.2. The smallest absolute Gasteiger partial charge is 0.353 e. The van der Waals surface area contributed by atoms with Crippen LogP contribution in [-0.4, -0.2) is 84.9 Å². The molecule has 0 spiro atoms. The maximum Gasteiger partial charge on any atom is 0.353 e. The number of carboxylic acid groups (broad SMARTS) is 2. The molecule has 0 bridgehead atoms. The van der Waals surface area contributed by atoms with Gasteiger partial charge in [0.05, 0.1) is 35.7 Å². The Labute approximate surface area is 255 Å². The van der Waals surface area contributed by atoms with Crippen molar-refractivity contribution in [1.29, 1.82) is 0 Å². The number of anilines is 1. The summed E-state index contributed by atoms with van der Waals surface area (Å²) in [6.07, 6.45) is -0.684. The fraction of sp³-hybridized carbons (Fsp3) is 0.357. The number of likely N-dealkylation sites (tertiary alicyclic amines) is 1. The number of carbonyl (C=O) groups excluding carboxylic acids is 2. The van der Waals surface area contributed by atoms with Gasteiger partial charge in [0.15, 0.2) is 0 Å². The van der Waals surface area contributed by atoms with Crippen molar-refractivity contribution < 1.29 is 34.5 Å². The molecule has 0 saturated carbocycles. The highest BCUT2D eigenvalue weighted by molar-refractivity contribution is 8.03. The van der Waals surface area contributed by atoms with Gasteiger partial charge >= 0.3 is 11.9 Å². The average Bonchev–Trinajstić information content (AvgIpc) is 3.42. The minimum atomic E-state index is -1.29. The molecule has 14 heteroatoms. The van der Waals surface area contributed by atoms with Crippen LogP contribution in [0.3, 0.4) is 0 Å². The minimum Gasteiger partial charge on any atom is -0.478 e. The van der Waals surface area contributed by atoms with E-state index in [1.807, 2.05) is 4.90 Å². The monoisotopic (exact) mass is 634 g/mol. The van der Waals surface area contributed by atoms with E-state index in [9.17, 15) is 34.5 Å². The van der Waals surface area contributed by atoms with E-state index >= 15 is 0 Å². The summed E-state index contributed by atoms with van der Waals surface area (Å²) in [7, 11) is 0. The highest BCUT2D eigenvalue weighted by atomic mass is 35.5. The maximum atomic E-state index is 13.6. The quantitative estimate of drug-likeness (QED) is 0.258. The first-order valence-electron chi connectivity index (χ1n) is 13.1. The number of aliphatic carboxylic acids is 1. The lowest BCUT2D eigenvalue weighted by Gasteiger charge is -2.46. The number of benzene rings is 2. The van der Waals surface area contributed by atoms with Crippen molar-refractivity contribution in [3.8, 4) is 0 Å². The number of thioether (sulfide) groups is 1. The molecule has 3 heterocycles. The molecule has 0 aliphatic carbocycles. The molecule has 222 valence electrons. The van der Waals surface area contributed by atoms with Crippen molar-refractivity contribution in [2.24, 2.45) is 11.7 Å². The molecule has 0 aromatic heterocycles. The summed E-state index contributed by atoms with van der Waals surface area (Å²) in [5.74, 6) is -4.08. The van der Waals surface area contributed by atoms with Gasteiger partial charge < -0.3 is 26.4 Å². The number of aromatic carboxylic acids is 1. The number of carbonyl (C=O) groups is 4. The molecule has 2 aromatic carbocycles. The van der Waals surface area contributed by atoms with Crippen LogP contribution in [0.25, 0.3) is 0 Å². The predicted octanol–water partition coefficient (Wildman–Crippen LogP) is 2.85. The maximum absolute atomic E-state index is 13.6. The molecule has 3 aliphatic heterocycles. The number of nitrogens with zero attached hydrogens (tertiary/aromatic N) is 2. The lowest BCUT2D eigenvalue weighted by atomic mass is 9.81. The first kappa shape index (κ1) is 30.3. The second-order valence-corrected chi connectivity index (χ2v) is 12.7. The first-order valence-corrected chi connectivity index (χ1v) is 14.7. The zero-order chi connectivity index (χ0) is 30.5. The number of carboxylic acids is 2. The standard InChI is InChI=1S/C28H28Cl2N4O7S/c1-12(35)20-22-21(31)24(23(28(40)41)34(22)26(20)37)42-17-9-19(25(36)32-16-4-2-3-13(8-16)27(38)39)33(11-17)10-14-7-15(29)5-6-18(14)30/h2-8,12,17,19-22,35H,9-11,31H2,1H3,(H,32,36)(H,38,39)(H,40,41)/t12-,17+,19+,20-,21-,22?/m1/s1. The van der Waals surface area contributed by atoms with Gasteiger partial charge in [-0.25, -0.2) is 9.59 Å². The van der Waals surface area contributed by atoms with Crippen molar-refractivity contribution >= 4 is 64.4 Å². The molecule has 6 N–H and O–H groups in total. The van der Waals surface area contributed by atoms with E-state index in [-0.39, 0.29) is 29.0 Å². The van der Waals surface area contributed by atoms with Gasteiger partial charge in [0.1, 0.15) is 5.70 Å². The van der Waals surface area contributed by atoms with Gasteiger partial charge in [-0.15, -0.1) is 11.8 Å². The summed E-state index contributed by atoms with van der Waals surface area (Å²) in [4.78, 5) is 53.3. The SMILES string of the molecule is C[C@@H](O)[C@H]1C(=O)N2C(C(=O)O)=C(S[C@H]3C[C@@H](C(=O)Nc4cccc(C(=O)O)c4)N(Cc4cc(Cl)ccc4Cl)C3)[C@H](N)C12. The van der Waals surface area contributed by atoms with Crippen LogP contribution < -0.4 is 11.1 Å². The molecule has 2 aromatic rings. The van der Waals surface area contributed by atoms with Gasteiger partial charge in [0.25, 0.3) is 0 Å². The van der Waals surface area contributed by atoms with E-state index < -0.39 is 48.0 Å². The molecule has 0 radical (unpaired) electrons. The van der Waals surface area contributed by atoms with E-state index in [0.717, 1.165) is 4.90 Å². The van der Waals surface area contributed by atoms with Gasteiger partial charge in [-0.3, -0.25) is 19.4 Å².